The van der Waals surface area contributed by atoms with Gasteiger partial charge >= 0.3 is 14.2 Å². The Morgan fingerprint density at radius 1 is 0.742 bits per heavy atom. The van der Waals surface area contributed by atoms with E-state index < -0.39 is 0 Å². The van der Waals surface area contributed by atoms with Gasteiger partial charge in [-0.25, -0.2) is 4.68 Å². The van der Waals surface area contributed by atoms with Crippen LogP contribution in [-0.2, 0) is 18.6 Å². The highest BCUT2D eigenvalue weighted by atomic mass is 16.6. The van der Waals surface area contributed by atoms with Gasteiger partial charge < -0.3 is 18.6 Å². The third kappa shape index (κ3) is 4.44. The first-order chi connectivity index (χ1) is 14.8. The lowest BCUT2D eigenvalue weighted by Crippen LogP contribution is -2.47. The average molecular weight is 418 g/mol. The van der Waals surface area contributed by atoms with E-state index in [4.69, 9.17) is 23.7 Å². The Bertz CT molecular complexity index is 1060. The molecule has 0 radical (unpaired) electrons. The van der Waals surface area contributed by atoms with Gasteiger partial charge in [-0.3, -0.25) is 0 Å². The summed E-state index contributed by atoms with van der Waals surface area (Å²) in [6, 6.07) is 14.3. The average Bonchev–Trinajstić information content (AvgIpc) is 3.17. The molecular formula is C23H28B2N2O4. The molecule has 3 aromatic rings. The highest BCUT2D eigenvalue weighted by Gasteiger charge is 2.34. The van der Waals surface area contributed by atoms with Crippen molar-refractivity contribution in [3.8, 4) is 5.69 Å². The second-order valence-corrected chi connectivity index (χ2v) is 10.2. The highest BCUT2D eigenvalue weighted by Crippen LogP contribution is 2.23. The van der Waals surface area contributed by atoms with Crippen LogP contribution in [0.1, 0.15) is 27.7 Å². The van der Waals surface area contributed by atoms with Crippen molar-refractivity contribution in [2.24, 2.45) is 10.8 Å². The fraction of sp³-hybridized carbons (Fsp3) is 0.435. The van der Waals surface area contributed by atoms with Crippen molar-refractivity contribution >= 4 is 36.1 Å². The number of rotatable bonds is 3. The van der Waals surface area contributed by atoms with Crippen molar-refractivity contribution in [3.05, 3.63) is 48.7 Å². The Kier molecular flexibility index (Phi) is 5.21. The summed E-state index contributed by atoms with van der Waals surface area (Å²) in [6.07, 6.45) is 2.04. The summed E-state index contributed by atoms with van der Waals surface area (Å²) in [7, 11) is -0.623. The summed E-state index contributed by atoms with van der Waals surface area (Å²) >= 11 is 0. The molecule has 2 aliphatic heterocycles. The molecule has 2 fully saturated rings. The van der Waals surface area contributed by atoms with Gasteiger partial charge in [-0.2, -0.15) is 5.10 Å². The third-order valence-corrected chi connectivity index (χ3v) is 5.73. The van der Waals surface area contributed by atoms with E-state index >= 15 is 0 Å². The summed E-state index contributed by atoms with van der Waals surface area (Å²) in [5, 5.41) is 5.78. The molecule has 160 valence electrons. The molecule has 31 heavy (non-hydrogen) atoms. The Morgan fingerprint density at radius 2 is 1.26 bits per heavy atom. The second-order valence-electron chi connectivity index (χ2n) is 10.2. The van der Waals surface area contributed by atoms with Crippen molar-refractivity contribution in [2.45, 2.75) is 27.7 Å². The molecule has 6 nitrogen and oxygen atoms in total. The van der Waals surface area contributed by atoms with Crippen LogP contribution in [0.3, 0.4) is 0 Å². The third-order valence-electron chi connectivity index (χ3n) is 5.73. The number of hydrogen-bond acceptors (Lipinski definition) is 5. The number of nitrogens with zero attached hydrogens (tertiary/aromatic N) is 2. The first kappa shape index (κ1) is 20.8. The van der Waals surface area contributed by atoms with Crippen molar-refractivity contribution in [1.82, 2.24) is 9.78 Å². The van der Waals surface area contributed by atoms with E-state index in [1.54, 1.807) is 0 Å². The Balaban J connectivity index is 1.32. The van der Waals surface area contributed by atoms with Gasteiger partial charge in [0.15, 0.2) is 0 Å². The van der Waals surface area contributed by atoms with Gasteiger partial charge in [0.1, 0.15) is 0 Å². The van der Waals surface area contributed by atoms with Crippen molar-refractivity contribution in [2.75, 3.05) is 26.4 Å². The predicted molar refractivity (Wildman–Crippen MR) is 123 cm³/mol. The van der Waals surface area contributed by atoms with Crippen LogP contribution in [0.2, 0.25) is 0 Å². The molecule has 0 amide bonds. The molecule has 1 aromatic heterocycles. The maximum absolute atomic E-state index is 5.93. The van der Waals surface area contributed by atoms with Gasteiger partial charge in [-0.1, -0.05) is 52.0 Å². The van der Waals surface area contributed by atoms with E-state index in [0.29, 0.717) is 26.4 Å². The van der Waals surface area contributed by atoms with Crippen LogP contribution in [0.5, 0.6) is 0 Å². The molecule has 0 aliphatic carbocycles. The van der Waals surface area contributed by atoms with E-state index in [0.717, 1.165) is 27.5 Å². The topological polar surface area (TPSA) is 54.7 Å². The number of aromatic nitrogens is 2. The van der Waals surface area contributed by atoms with Crippen LogP contribution in [0, 0.1) is 10.8 Å². The largest absolute Gasteiger partial charge is 0.493 e. The molecule has 5 rings (SSSR count). The lowest BCUT2D eigenvalue weighted by Gasteiger charge is -2.33. The predicted octanol–water partition coefficient (Wildman–Crippen LogP) is 2.56. The minimum Gasteiger partial charge on any atom is -0.407 e. The minimum atomic E-state index is -0.319. The molecule has 2 saturated heterocycles. The zero-order valence-corrected chi connectivity index (χ0v) is 18.6. The maximum Gasteiger partial charge on any atom is 0.493 e. The summed E-state index contributed by atoms with van der Waals surface area (Å²) in [4.78, 5) is 0. The summed E-state index contributed by atoms with van der Waals surface area (Å²) < 4.78 is 25.5. The van der Waals surface area contributed by atoms with Gasteiger partial charge in [-0.05, 0) is 29.1 Å². The van der Waals surface area contributed by atoms with E-state index in [1.807, 2.05) is 47.3 Å². The molecule has 0 unspecified atom stereocenters. The van der Waals surface area contributed by atoms with Gasteiger partial charge in [0, 0.05) is 48.8 Å². The van der Waals surface area contributed by atoms with Crippen LogP contribution in [0.4, 0.5) is 0 Å². The smallest absolute Gasteiger partial charge is 0.407 e. The van der Waals surface area contributed by atoms with Crippen LogP contribution < -0.4 is 10.9 Å². The molecule has 0 bridgehead atoms. The van der Waals surface area contributed by atoms with E-state index in [1.165, 1.54) is 0 Å². The standard InChI is InChI=1S/C23H28B2N2O4/c1-22(2)13-28-24(29-14-22)18-5-8-20(9-6-18)27-12-17-11-19(7-10-21(17)26-27)25-30-15-23(3,4)16-31-25/h5-12H,13-16H2,1-4H3. The molecule has 8 heteroatoms. The fourth-order valence-electron chi connectivity index (χ4n) is 3.88. The number of fused-ring (bicyclic) bond motifs is 1. The van der Waals surface area contributed by atoms with Crippen LogP contribution >= 0.6 is 0 Å². The molecule has 2 aromatic carbocycles. The van der Waals surface area contributed by atoms with E-state index in [9.17, 15) is 0 Å². The van der Waals surface area contributed by atoms with Gasteiger partial charge in [0.25, 0.3) is 0 Å². The Hall–Kier alpha value is -2.12. The summed E-state index contributed by atoms with van der Waals surface area (Å²) in [5.74, 6) is 0. The molecule has 2 aliphatic rings. The molecule has 0 saturated carbocycles. The van der Waals surface area contributed by atoms with E-state index in [2.05, 4.69) is 33.8 Å². The van der Waals surface area contributed by atoms with Gasteiger partial charge in [0.2, 0.25) is 0 Å². The molecule has 0 atom stereocenters. The Morgan fingerprint density at radius 3 is 1.84 bits per heavy atom. The summed E-state index contributed by atoms with van der Waals surface area (Å²) in [6.45, 7) is 11.3. The first-order valence-electron chi connectivity index (χ1n) is 10.8. The highest BCUT2D eigenvalue weighted by molar-refractivity contribution is 6.62. The zero-order valence-electron chi connectivity index (χ0n) is 18.6. The monoisotopic (exact) mass is 418 g/mol. The second kappa shape index (κ2) is 7.78. The van der Waals surface area contributed by atoms with Crippen LogP contribution in [0.15, 0.2) is 48.7 Å². The van der Waals surface area contributed by atoms with Gasteiger partial charge in [-0.15, -0.1) is 0 Å². The number of hydrogen-bond donors (Lipinski definition) is 0. The molecule has 0 N–H and O–H groups in total. The maximum atomic E-state index is 5.93. The zero-order chi connectivity index (χ0) is 21.6. The normalized spacial score (nSPS) is 20.9. The van der Waals surface area contributed by atoms with Crippen LogP contribution in [-0.4, -0.2) is 50.4 Å². The van der Waals surface area contributed by atoms with Crippen molar-refractivity contribution in [3.63, 3.8) is 0 Å². The lowest BCUT2D eigenvalue weighted by molar-refractivity contribution is 0.0342. The van der Waals surface area contributed by atoms with E-state index in [-0.39, 0.29) is 25.1 Å². The van der Waals surface area contributed by atoms with Gasteiger partial charge in [0.05, 0.1) is 11.2 Å². The van der Waals surface area contributed by atoms with Crippen LogP contribution in [0.25, 0.3) is 16.6 Å². The van der Waals surface area contributed by atoms with Crippen molar-refractivity contribution < 1.29 is 18.6 Å². The lowest BCUT2D eigenvalue weighted by atomic mass is 9.75. The SMILES string of the molecule is CC1(C)COB(c2ccc(-n3cc4cc(B5OCC(C)(C)CO5)ccc4n3)cc2)OC1. The number of benzene rings is 2. The summed E-state index contributed by atoms with van der Waals surface area (Å²) in [5.41, 5.74) is 4.09. The quantitative estimate of drug-likeness (QED) is 0.613. The Labute approximate surface area is 184 Å². The first-order valence-corrected chi connectivity index (χ1v) is 10.8. The molecule has 3 heterocycles. The van der Waals surface area contributed by atoms with Crippen molar-refractivity contribution in [1.29, 1.82) is 0 Å². The molecular weight excluding hydrogens is 390 g/mol. The fourth-order valence-corrected chi connectivity index (χ4v) is 3.88. The minimum absolute atomic E-state index is 0.0571. The molecule has 0 spiro atoms.